The smallest absolute Gasteiger partial charge is 0.417 e. The normalized spacial score (nSPS) is 19.0. The predicted octanol–water partition coefficient (Wildman–Crippen LogP) is 1.28. The number of amides is 3. The van der Waals surface area contributed by atoms with Crippen molar-refractivity contribution < 1.29 is 23.9 Å². The Morgan fingerprint density at radius 3 is 2.35 bits per heavy atom. The lowest BCUT2D eigenvalue weighted by atomic mass is 10.0. The number of nitrogens with zero attached hydrogens (tertiary/aromatic N) is 2. The molecule has 7 nitrogen and oxygen atoms in total. The van der Waals surface area contributed by atoms with Gasteiger partial charge in [-0.25, -0.2) is 9.69 Å². The van der Waals surface area contributed by atoms with Crippen LogP contribution in [0.1, 0.15) is 23.2 Å². The minimum Gasteiger partial charge on any atom is -0.497 e. The van der Waals surface area contributed by atoms with Gasteiger partial charge >= 0.3 is 6.09 Å². The van der Waals surface area contributed by atoms with Gasteiger partial charge in [-0.05, 0) is 37.1 Å². The largest absolute Gasteiger partial charge is 0.497 e. The highest BCUT2D eigenvalue weighted by molar-refractivity contribution is 5.98. The highest BCUT2D eigenvalue weighted by Crippen LogP contribution is 2.22. The molecule has 2 aliphatic heterocycles. The van der Waals surface area contributed by atoms with Gasteiger partial charge < -0.3 is 14.4 Å². The van der Waals surface area contributed by atoms with Crippen molar-refractivity contribution in [1.29, 1.82) is 0 Å². The molecule has 2 saturated heterocycles. The van der Waals surface area contributed by atoms with Gasteiger partial charge in [-0.3, -0.25) is 9.59 Å². The number of imide groups is 1. The lowest BCUT2D eigenvalue weighted by molar-refractivity contribution is -0.127. The van der Waals surface area contributed by atoms with Crippen LogP contribution in [0, 0.1) is 0 Å². The van der Waals surface area contributed by atoms with Gasteiger partial charge in [0.05, 0.1) is 7.11 Å². The van der Waals surface area contributed by atoms with E-state index in [1.165, 1.54) is 4.90 Å². The van der Waals surface area contributed by atoms with E-state index in [2.05, 4.69) is 0 Å². The van der Waals surface area contributed by atoms with E-state index in [0.717, 1.165) is 0 Å². The number of piperidine rings is 1. The van der Waals surface area contributed by atoms with Gasteiger partial charge in [-0.2, -0.15) is 0 Å². The maximum atomic E-state index is 12.5. The van der Waals surface area contributed by atoms with Gasteiger partial charge in [0.1, 0.15) is 5.75 Å². The summed E-state index contributed by atoms with van der Waals surface area (Å²) >= 11 is 0. The van der Waals surface area contributed by atoms with Crippen molar-refractivity contribution in [1.82, 2.24) is 9.80 Å². The summed E-state index contributed by atoms with van der Waals surface area (Å²) in [7, 11) is 1.58. The molecule has 0 unspecified atom stereocenters. The number of carbonyl (C=O) groups is 3. The average Bonchev–Trinajstić information content (AvgIpc) is 2.93. The molecule has 0 bridgehead atoms. The Morgan fingerprint density at radius 2 is 1.83 bits per heavy atom. The maximum Gasteiger partial charge on any atom is 0.417 e. The summed E-state index contributed by atoms with van der Waals surface area (Å²) in [6, 6.07) is 6.78. The van der Waals surface area contributed by atoms with E-state index in [-0.39, 0.29) is 24.5 Å². The fourth-order valence-electron chi connectivity index (χ4n) is 2.96. The Labute approximate surface area is 133 Å². The molecule has 1 aromatic rings. The topological polar surface area (TPSA) is 76.2 Å². The minimum atomic E-state index is -0.574. The molecular formula is C16H18N2O5. The summed E-state index contributed by atoms with van der Waals surface area (Å²) in [6.45, 7) is 0.836. The van der Waals surface area contributed by atoms with Crippen LogP contribution in [0.3, 0.4) is 0 Å². The zero-order valence-electron chi connectivity index (χ0n) is 12.9. The zero-order valence-corrected chi connectivity index (χ0v) is 12.9. The molecule has 0 spiro atoms. The quantitative estimate of drug-likeness (QED) is 0.839. The number of benzene rings is 1. The second-order valence-electron chi connectivity index (χ2n) is 5.57. The molecular weight excluding hydrogens is 300 g/mol. The first kappa shape index (κ1) is 15.3. The van der Waals surface area contributed by atoms with Crippen molar-refractivity contribution in [3.8, 4) is 5.75 Å². The maximum absolute atomic E-state index is 12.5. The third kappa shape index (κ3) is 2.99. The number of ether oxygens (including phenoxy) is 2. The highest BCUT2D eigenvalue weighted by Gasteiger charge is 2.39. The third-order valence-electron chi connectivity index (χ3n) is 4.24. The van der Waals surface area contributed by atoms with Crippen LogP contribution < -0.4 is 4.74 Å². The first-order chi connectivity index (χ1) is 11.1. The number of carbonyl (C=O) groups excluding carboxylic acids is 3. The summed E-state index contributed by atoms with van der Waals surface area (Å²) in [6.07, 6.45) is 0.570. The summed E-state index contributed by atoms with van der Waals surface area (Å²) in [4.78, 5) is 38.6. The monoisotopic (exact) mass is 318 g/mol. The Bertz CT molecular complexity index is 604. The number of rotatable bonds is 3. The molecule has 0 aromatic heterocycles. The summed E-state index contributed by atoms with van der Waals surface area (Å²) < 4.78 is 9.82. The van der Waals surface area contributed by atoms with Crippen LogP contribution in [-0.2, 0) is 9.53 Å². The van der Waals surface area contributed by atoms with Crippen LogP contribution in [-0.4, -0.2) is 60.6 Å². The van der Waals surface area contributed by atoms with Gasteiger partial charge in [0.2, 0.25) is 0 Å². The van der Waals surface area contributed by atoms with Crippen LogP contribution >= 0.6 is 0 Å². The molecule has 1 aromatic carbocycles. The lowest BCUT2D eigenvalue weighted by Gasteiger charge is -2.34. The van der Waals surface area contributed by atoms with Crippen molar-refractivity contribution in [3.63, 3.8) is 0 Å². The molecule has 0 aliphatic carbocycles. The summed E-state index contributed by atoms with van der Waals surface area (Å²) in [5, 5.41) is 0. The van der Waals surface area contributed by atoms with Gasteiger partial charge in [-0.15, -0.1) is 0 Å². The standard InChI is InChI=1S/C16H18N2O5/c1-22-13-4-2-11(3-5-13)15(20)17-8-6-12(7-9-17)18-14(19)10-23-16(18)21/h2-5,12H,6-10H2,1H3. The van der Waals surface area contributed by atoms with E-state index in [1.54, 1.807) is 36.3 Å². The number of hydrogen-bond acceptors (Lipinski definition) is 5. The second kappa shape index (κ2) is 6.28. The zero-order chi connectivity index (χ0) is 16.4. The van der Waals surface area contributed by atoms with Crippen molar-refractivity contribution in [2.75, 3.05) is 26.8 Å². The van der Waals surface area contributed by atoms with Crippen LogP contribution in [0.4, 0.5) is 4.79 Å². The molecule has 3 rings (SSSR count). The molecule has 0 saturated carbocycles. The van der Waals surface area contributed by atoms with Crippen molar-refractivity contribution in [2.24, 2.45) is 0 Å². The number of methoxy groups -OCH3 is 1. The lowest BCUT2D eigenvalue weighted by Crippen LogP contribution is -2.48. The van der Waals surface area contributed by atoms with Crippen LogP contribution in [0.5, 0.6) is 5.75 Å². The molecule has 2 aliphatic rings. The molecule has 2 fully saturated rings. The van der Waals surface area contributed by atoms with E-state index in [4.69, 9.17) is 9.47 Å². The van der Waals surface area contributed by atoms with Gasteiger partial charge in [-0.1, -0.05) is 0 Å². The fraction of sp³-hybridized carbons (Fsp3) is 0.438. The van der Waals surface area contributed by atoms with Gasteiger partial charge in [0.25, 0.3) is 11.8 Å². The minimum absolute atomic E-state index is 0.0542. The molecule has 0 atom stereocenters. The first-order valence-electron chi connectivity index (χ1n) is 7.52. The van der Waals surface area contributed by atoms with Gasteiger partial charge in [0.15, 0.2) is 6.61 Å². The van der Waals surface area contributed by atoms with Crippen LogP contribution in [0.2, 0.25) is 0 Å². The molecule has 23 heavy (non-hydrogen) atoms. The Morgan fingerprint density at radius 1 is 1.17 bits per heavy atom. The van der Waals surface area contributed by atoms with Crippen molar-refractivity contribution in [3.05, 3.63) is 29.8 Å². The van der Waals surface area contributed by atoms with E-state index >= 15 is 0 Å². The summed E-state index contributed by atoms with van der Waals surface area (Å²) in [5.74, 6) is 0.350. The summed E-state index contributed by atoms with van der Waals surface area (Å²) in [5.41, 5.74) is 0.598. The fourth-order valence-corrected chi connectivity index (χ4v) is 2.96. The van der Waals surface area contributed by atoms with E-state index in [0.29, 0.717) is 37.2 Å². The Hall–Kier alpha value is -2.57. The molecule has 0 radical (unpaired) electrons. The number of hydrogen-bond donors (Lipinski definition) is 0. The third-order valence-corrected chi connectivity index (χ3v) is 4.24. The van der Waals surface area contributed by atoms with Crippen molar-refractivity contribution >= 4 is 17.9 Å². The Balaban J connectivity index is 1.60. The predicted molar refractivity (Wildman–Crippen MR) is 80.1 cm³/mol. The number of cyclic esters (lactones) is 1. The van der Waals surface area contributed by atoms with Crippen molar-refractivity contribution in [2.45, 2.75) is 18.9 Å². The van der Waals surface area contributed by atoms with E-state index in [9.17, 15) is 14.4 Å². The van der Waals surface area contributed by atoms with E-state index < -0.39 is 6.09 Å². The SMILES string of the molecule is COc1ccc(C(=O)N2CCC(N3C(=O)COC3=O)CC2)cc1. The molecule has 2 heterocycles. The first-order valence-corrected chi connectivity index (χ1v) is 7.52. The second-order valence-corrected chi connectivity index (χ2v) is 5.57. The molecule has 3 amide bonds. The number of likely N-dealkylation sites (tertiary alicyclic amines) is 1. The average molecular weight is 318 g/mol. The molecule has 122 valence electrons. The van der Waals surface area contributed by atoms with Crippen LogP contribution in [0.25, 0.3) is 0 Å². The van der Waals surface area contributed by atoms with E-state index in [1.807, 2.05) is 0 Å². The Kier molecular flexibility index (Phi) is 4.18. The van der Waals surface area contributed by atoms with Gasteiger partial charge in [0, 0.05) is 24.7 Å². The highest BCUT2D eigenvalue weighted by atomic mass is 16.6. The molecule has 0 N–H and O–H groups in total. The van der Waals surface area contributed by atoms with Crippen LogP contribution in [0.15, 0.2) is 24.3 Å². The molecule has 7 heteroatoms.